The summed E-state index contributed by atoms with van der Waals surface area (Å²) < 4.78 is 0. The molecule has 0 saturated carbocycles. The van der Waals surface area contributed by atoms with Gasteiger partial charge in [0.25, 0.3) is 0 Å². The zero-order valence-corrected chi connectivity index (χ0v) is 11.9. The highest BCUT2D eigenvalue weighted by Gasteiger charge is 2.27. The molecule has 0 bridgehead atoms. The summed E-state index contributed by atoms with van der Waals surface area (Å²) in [6, 6.07) is 0.542. The average Bonchev–Trinajstić information content (AvgIpc) is 2.34. The molecule has 1 aliphatic rings. The molecule has 0 radical (unpaired) electrons. The molecule has 2 unspecified atom stereocenters. The molecule has 2 rings (SSSR count). The maximum Gasteiger partial charge on any atom is 0.137 e. The van der Waals surface area contributed by atoms with Crippen molar-refractivity contribution in [3.8, 4) is 0 Å². The minimum absolute atomic E-state index is 0.542. The number of nitrogens with two attached hydrogens (primary N) is 1. The van der Waals surface area contributed by atoms with Crippen molar-refractivity contribution in [1.29, 1.82) is 0 Å². The predicted octanol–water partition coefficient (Wildman–Crippen LogP) is 2.69. The maximum absolute atomic E-state index is 5.96. The average molecular weight is 248 g/mol. The first-order chi connectivity index (χ1) is 8.52. The lowest BCUT2D eigenvalue weighted by Gasteiger charge is -2.39. The van der Waals surface area contributed by atoms with Crippen LogP contribution in [-0.2, 0) is 0 Å². The van der Waals surface area contributed by atoms with Crippen molar-refractivity contribution < 1.29 is 0 Å². The van der Waals surface area contributed by atoms with Crippen LogP contribution in [0.4, 0.5) is 11.6 Å². The molecule has 1 aliphatic heterocycles. The van der Waals surface area contributed by atoms with E-state index < -0.39 is 0 Å². The summed E-state index contributed by atoms with van der Waals surface area (Å²) >= 11 is 0. The van der Waals surface area contributed by atoms with Crippen LogP contribution in [0.5, 0.6) is 0 Å². The number of hydrogen-bond acceptors (Lipinski definition) is 4. The Balaban J connectivity index is 2.34. The Kier molecular flexibility index (Phi) is 3.73. The number of hydrogen-bond donors (Lipinski definition) is 1. The molecule has 0 aliphatic carbocycles. The highest BCUT2D eigenvalue weighted by molar-refractivity contribution is 5.57. The Bertz CT molecular complexity index is 430. The number of anilines is 2. The molecule has 4 heteroatoms. The van der Waals surface area contributed by atoms with E-state index in [1.54, 1.807) is 0 Å². The van der Waals surface area contributed by atoms with Crippen LogP contribution in [0.15, 0.2) is 0 Å². The normalized spacial score (nSPS) is 24.3. The van der Waals surface area contributed by atoms with E-state index in [4.69, 9.17) is 5.73 Å². The third-order valence-corrected chi connectivity index (χ3v) is 4.10. The molecule has 1 saturated heterocycles. The first-order valence-corrected chi connectivity index (χ1v) is 6.90. The van der Waals surface area contributed by atoms with Gasteiger partial charge < -0.3 is 10.6 Å². The van der Waals surface area contributed by atoms with Crippen LogP contribution in [0, 0.1) is 19.8 Å². The zero-order valence-electron chi connectivity index (χ0n) is 11.9. The molecule has 2 atom stereocenters. The number of nitrogens with zero attached hydrogens (tertiary/aromatic N) is 3. The second-order valence-corrected chi connectivity index (χ2v) is 5.46. The molecule has 2 heterocycles. The van der Waals surface area contributed by atoms with Gasteiger partial charge in [-0.2, -0.15) is 0 Å². The summed E-state index contributed by atoms with van der Waals surface area (Å²) in [7, 11) is 0. The molecular weight excluding hydrogens is 224 g/mol. The maximum atomic E-state index is 5.96. The topological polar surface area (TPSA) is 55.0 Å². The number of aryl methyl sites for hydroxylation is 1. The SMILES string of the molecule is CCC1CCC(C)N(c2nc(C)nc(N)c2C)C1. The van der Waals surface area contributed by atoms with Crippen molar-refractivity contribution in [2.24, 2.45) is 5.92 Å². The van der Waals surface area contributed by atoms with E-state index >= 15 is 0 Å². The first-order valence-electron chi connectivity index (χ1n) is 6.90. The summed E-state index contributed by atoms with van der Waals surface area (Å²) in [4.78, 5) is 11.3. The van der Waals surface area contributed by atoms with Gasteiger partial charge >= 0.3 is 0 Å². The van der Waals surface area contributed by atoms with Gasteiger partial charge in [0.2, 0.25) is 0 Å². The number of rotatable bonds is 2. The second-order valence-electron chi connectivity index (χ2n) is 5.46. The quantitative estimate of drug-likeness (QED) is 0.874. The molecule has 1 aromatic heterocycles. The van der Waals surface area contributed by atoms with Gasteiger partial charge in [0, 0.05) is 18.2 Å². The van der Waals surface area contributed by atoms with E-state index in [0.717, 1.165) is 29.7 Å². The van der Waals surface area contributed by atoms with Crippen LogP contribution in [0.3, 0.4) is 0 Å². The molecule has 0 aromatic carbocycles. The zero-order chi connectivity index (χ0) is 13.3. The van der Waals surface area contributed by atoms with Crippen molar-refractivity contribution >= 4 is 11.6 Å². The van der Waals surface area contributed by atoms with E-state index in [0.29, 0.717) is 11.9 Å². The fourth-order valence-electron chi connectivity index (χ4n) is 2.73. The lowest BCUT2D eigenvalue weighted by atomic mass is 9.91. The van der Waals surface area contributed by atoms with Gasteiger partial charge in [-0.3, -0.25) is 0 Å². The highest BCUT2D eigenvalue weighted by atomic mass is 15.2. The van der Waals surface area contributed by atoms with Crippen LogP contribution in [-0.4, -0.2) is 22.6 Å². The molecule has 1 aromatic rings. The Hall–Kier alpha value is -1.32. The minimum Gasteiger partial charge on any atom is -0.383 e. The lowest BCUT2D eigenvalue weighted by Crippen LogP contribution is -2.42. The lowest BCUT2D eigenvalue weighted by molar-refractivity contribution is 0.357. The summed E-state index contributed by atoms with van der Waals surface area (Å²) in [5.41, 5.74) is 6.98. The van der Waals surface area contributed by atoms with Gasteiger partial charge in [-0.05, 0) is 39.5 Å². The molecule has 4 nitrogen and oxygen atoms in total. The second kappa shape index (κ2) is 5.12. The fraction of sp³-hybridized carbons (Fsp3) is 0.714. The Morgan fingerprint density at radius 2 is 2.00 bits per heavy atom. The summed E-state index contributed by atoms with van der Waals surface area (Å²) in [6.07, 6.45) is 3.80. The third kappa shape index (κ3) is 2.42. The van der Waals surface area contributed by atoms with Gasteiger partial charge in [-0.25, -0.2) is 9.97 Å². The van der Waals surface area contributed by atoms with Gasteiger partial charge in [-0.15, -0.1) is 0 Å². The van der Waals surface area contributed by atoms with E-state index in [-0.39, 0.29) is 0 Å². The molecular formula is C14H24N4. The van der Waals surface area contributed by atoms with Crippen molar-refractivity contribution in [1.82, 2.24) is 9.97 Å². The van der Waals surface area contributed by atoms with Crippen LogP contribution >= 0.6 is 0 Å². The van der Waals surface area contributed by atoms with Crippen LogP contribution in [0.2, 0.25) is 0 Å². The predicted molar refractivity (Wildman–Crippen MR) is 75.7 cm³/mol. The number of piperidine rings is 1. The molecule has 0 amide bonds. The summed E-state index contributed by atoms with van der Waals surface area (Å²) in [6.45, 7) is 9.57. The largest absolute Gasteiger partial charge is 0.383 e. The molecule has 18 heavy (non-hydrogen) atoms. The van der Waals surface area contributed by atoms with Crippen LogP contribution in [0.25, 0.3) is 0 Å². The van der Waals surface area contributed by atoms with E-state index in [1.807, 2.05) is 13.8 Å². The summed E-state index contributed by atoms with van der Waals surface area (Å²) in [5.74, 6) is 3.19. The third-order valence-electron chi connectivity index (χ3n) is 4.10. The van der Waals surface area contributed by atoms with E-state index in [2.05, 4.69) is 28.7 Å². The Morgan fingerprint density at radius 1 is 1.28 bits per heavy atom. The van der Waals surface area contributed by atoms with Crippen molar-refractivity contribution in [3.63, 3.8) is 0 Å². The van der Waals surface area contributed by atoms with Crippen LogP contribution < -0.4 is 10.6 Å². The van der Waals surface area contributed by atoms with Gasteiger partial charge in [-0.1, -0.05) is 13.3 Å². The van der Waals surface area contributed by atoms with Gasteiger partial charge in [0.15, 0.2) is 0 Å². The minimum atomic E-state index is 0.542. The monoisotopic (exact) mass is 248 g/mol. The molecule has 2 N–H and O–H groups in total. The van der Waals surface area contributed by atoms with Gasteiger partial charge in [0.05, 0.1) is 0 Å². The Labute approximate surface area is 110 Å². The number of nitrogen functional groups attached to an aromatic ring is 1. The number of aromatic nitrogens is 2. The van der Waals surface area contributed by atoms with Crippen LogP contribution in [0.1, 0.15) is 44.5 Å². The van der Waals surface area contributed by atoms with Crippen molar-refractivity contribution in [3.05, 3.63) is 11.4 Å². The Morgan fingerprint density at radius 3 is 2.67 bits per heavy atom. The fourth-order valence-corrected chi connectivity index (χ4v) is 2.73. The summed E-state index contributed by atoms with van der Waals surface area (Å²) in [5, 5.41) is 0. The van der Waals surface area contributed by atoms with Crippen molar-refractivity contribution in [2.75, 3.05) is 17.2 Å². The van der Waals surface area contributed by atoms with Gasteiger partial charge in [0.1, 0.15) is 17.5 Å². The first kappa shape index (κ1) is 13.1. The molecule has 1 fully saturated rings. The molecule has 0 spiro atoms. The van der Waals surface area contributed by atoms with E-state index in [9.17, 15) is 0 Å². The van der Waals surface area contributed by atoms with E-state index in [1.165, 1.54) is 19.3 Å². The smallest absolute Gasteiger partial charge is 0.137 e. The van der Waals surface area contributed by atoms with Crippen molar-refractivity contribution in [2.45, 2.75) is 53.0 Å². The standard InChI is InChI=1S/C14H24N4/c1-5-12-7-6-9(2)18(8-12)14-10(3)13(15)16-11(4)17-14/h9,12H,5-8H2,1-4H3,(H2,15,16,17). The highest BCUT2D eigenvalue weighted by Crippen LogP contribution is 2.31. The molecule has 100 valence electrons.